The van der Waals surface area contributed by atoms with Crippen LogP contribution in [-0.2, 0) is 19.1 Å². The predicted molar refractivity (Wildman–Crippen MR) is 77.3 cm³/mol. The molecule has 0 spiro atoms. The summed E-state index contributed by atoms with van der Waals surface area (Å²) >= 11 is 0. The summed E-state index contributed by atoms with van der Waals surface area (Å²) in [6, 6.07) is 0. The first-order chi connectivity index (χ1) is 9.79. The van der Waals surface area contributed by atoms with Gasteiger partial charge < -0.3 is 9.47 Å². The SMILES string of the molecule is O=C1CCCCCCCCC(=O)OCCCCCCO1. The zero-order chi connectivity index (χ0) is 14.5. The Kier molecular flexibility index (Phi) is 9.98. The highest BCUT2D eigenvalue weighted by Crippen LogP contribution is 2.10. The second kappa shape index (κ2) is 11.7. The lowest BCUT2D eigenvalue weighted by Crippen LogP contribution is -2.07. The van der Waals surface area contributed by atoms with E-state index >= 15 is 0 Å². The standard InChI is InChI=1S/C16H28O4/c17-15-11-7-3-1-2-4-8-12-16(18)20-14-10-6-5-9-13-19-15/h1-14H2. The molecule has 0 unspecified atom stereocenters. The fraction of sp³-hybridized carbons (Fsp3) is 0.875. The molecule has 4 heteroatoms. The van der Waals surface area contributed by atoms with Crippen molar-refractivity contribution in [3.05, 3.63) is 0 Å². The molecule has 0 aliphatic carbocycles. The normalized spacial score (nSPS) is 22.2. The average molecular weight is 284 g/mol. The molecule has 0 amide bonds. The molecule has 4 nitrogen and oxygen atoms in total. The van der Waals surface area contributed by atoms with Gasteiger partial charge in [-0.15, -0.1) is 0 Å². The lowest BCUT2D eigenvalue weighted by molar-refractivity contribution is -0.145. The van der Waals surface area contributed by atoms with E-state index in [1.165, 1.54) is 0 Å². The Hall–Kier alpha value is -1.06. The summed E-state index contributed by atoms with van der Waals surface area (Å²) in [5.41, 5.74) is 0. The van der Waals surface area contributed by atoms with Gasteiger partial charge in [0.2, 0.25) is 0 Å². The number of carbonyl (C=O) groups excluding carboxylic acids is 2. The minimum absolute atomic E-state index is 0.0555. The van der Waals surface area contributed by atoms with Crippen LogP contribution >= 0.6 is 0 Å². The van der Waals surface area contributed by atoms with Crippen LogP contribution in [0.3, 0.4) is 0 Å². The molecule has 0 bridgehead atoms. The van der Waals surface area contributed by atoms with Crippen LogP contribution in [0.4, 0.5) is 0 Å². The van der Waals surface area contributed by atoms with Crippen molar-refractivity contribution >= 4 is 11.9 Å². The van der Waals surface area contributed by atoms with Gasteiger partial charge in [0, 0.05) is 12.8 Å². The number of hydrogen-bond donors (Lipinski definition) is 0. The third kappa shape index (κ3) is 9.82. The van der Waals surface area contributed by atoms with Crippen LogP contribution in [0.5, 0.6) is 0 Å². The van der Waals surface area contributed by atoms with Gasteiger partial charge in [0.1, 0.15) is 0 Å². The van der Waals surface area contributed by atoms with Crippen molar-refractivity contribution < 1.29 is 19.1 Å². The lowest BCUT2D eigenvalue weighted by Gasteiger charge is -2.07. The van der Waals surface area contributed by atoms with E-state index in [0.29, 0.717) is 26.1 Å². The van der Waals surface area contributed by atoms with Crippen molar-refractivity contribution in [2.75, 3.05) is 13.2 Å². The highest BCUT2D eigenvalue weighted by Gasteiger charge is 2.05. The van der Waals surface area contributed by atoms with Gasteiger partial charge in [-0.1, -0.05) is 25.7 Å². The monoisotopic (exact) mass is 284 g/mol. The molecule has 1 rings (SSSR count). The zero-order valence-corrected chi connectivity index (χ0v) is 12.5. The molecule has 0 atom stereocenters. The average Bonchev–Trinajstić information content (AvgIpc) is 2.43. The lowest BCUT2D eigenvalue weighted by atomic mass is 10.1. The second-order valence-corrected chi connectivity index (χ2v) is 5.48. The summed E-state index contributed by atoms with van der Waals surface area (Å²) in [5, 5.41) is 0. The third-order valence-electron chi connectivity index (χ3n) is 3.58. The van der Waals surface area contributed by atoms with E-state index in [2.05, 4.69) is 0 Å². The molecule has 1 fully saturated rings. The fourth-order valence-corrected chi connectivity index (χ4v) is 2.32. The summed E-state index contributed by atoms with van der Waals surface area (Å²) < 4.78 is 10.4. The topological polar surface area (TPSA) is 52.6 Å². The van der Waals surface area contributed by atoms with Gasteiger partial charge in [0.05, 0.1) is 13.2 Å². The summed E-state index contributed by atoms with van der Waals surface area (Å²) in [5.74, 6) is -0.111. The molecule has 1 heterocycles. The second-order valence-electron chi connectivity index (χ2n) is 5.48. The highest BCUT2D eigenvalue weighted by molar-refractivity contribution is 5.69. The molecule has 1 aliphatic rings. The quantitative estimate of drug-likeness (QED) is 0.635. The number of ether oxygens (including phenoxy) is 2. The Morgan fingerprint density at radius 3 is 1.30 bits per heavy atom. The number of cyclic esters (lactones) is 2. The highest BCUT2D eigenvalue weighted by atomic mass is 16.5. The van der Waals surface area contributed by atoms with Crippen molar-refractivity contribution in [3.63, 3.8) is 0 Å². The van der Waals surface area contributed by atoms with Gasteiger partial charge in [-0.3, -0.25) is 9.59 Å². The number of esters is 2. The molecular formula is C16H28O4. The number of rotatable bonds is 0. The molecule has 1 aliphatic heterocycles. The summed E-state index contributed by atoms with van der Waals surface area (Å²) in [6.45, 7) is 1.05. The number of hydrogen-bond acceptors (Lipinski definition) is 4. The van der Waals surface area contributed by atoms with Crippen LogP contribution in [0.2, 0.25) is 0 Å². The Labute approximate surface area is 122 Å². The summed E-state index contributed by atoms with van der Waals surface area (Å²) in [6.07, 6.45) is 11.2. The van der Waals surface area contributed by atoms with Crippen molar-refractivity contribution in [1.82, 2.24) is 0 Å². The van der Waals surface area contributed by atoms with Crippen LogP contribution in [0.15, 0.2) is 0 Å². The van der Waals surface area contributed by atoms with E-state index in [0.717, 1.165) is 64.2 Å². The van der Waals surface area contributed by atoms with Gasteiger partial charge in [0.15, 0.2) is 0 Å². The molecule has 116 valence electrons. The Balaban J connectivity index is 2.19. The molecule has 0 aromatic carbocycles. The number of carbonyl (C=O) groups is 2. The van der Waals surface area contributed by atoms with Crippen molar-refractivity contribution in [1.29, 1.82) is 0 Å². The van der Waals surface area contributed by atoms with Crippen molar-refractivity contribution in [3.8, 4) is 0 Å². The first kappa shape index (κ1) is 17.0. The smallest absolute Gasteiger partial charge is 0.305 e. The van der Waals surface area contributed by atoms with Crippen molar-refractivity contribution in [2.45, 2.75) is 77.0 Å². The minimum atomic E-state index is -0.0555. The van der Waals surface area contributed by atoms with Crippen LogP contribution < -0.4 is 0 Å². The maximum absolute atomic E-state index is 11.4. The first-order valence-electron chi connectivity index (χ1n) is 8.10. The molecule has 0 saturated carbocycles. The predicted octanol–water partition coefficient (Wildman–Crippen LogP) is 3.77. The maximum atomic E-state index is 11.4. The van der Waals surface area contributed by atoms with E-state index in [9.17, 15) is 9.59 Å². The van der Waals surface area contributed by atoms with E-state index in [4.69, 9.17) is 9.47 Å². The maximum Gasteiger partial charge on any atom is 0.305 e. The summed E-state index contributed by atoms with van der Waals surface area (Å²) in [7, 11) is 0. The molecule has 0 aromatic heterocycles. The van der Waals surface area contributed by atoms with Crippen LogP contribution in [0.1, 0.15) is 77.0 Å². The van der Waals surface area contributed by atoms with Gasteiger partial charge in [-0.05, 0) is 38.5 Å². The first-order valence-corrected chi connectivity index (χ1v) is 8.10. The van der Waals surface area contributed by atoms with Gasteiger partial charge in [0.25, 0.3) is 0 Å². The zero-order valence-electron chi connectivity index (χ0n) is 12.5. The summed E-state index contributed by atoms with van der Waals surface area (Å²) in [4.78, 5) is 22.9. The van der Waals surface area contributed by atoms with E-state index in [-0.39, 0.29) is 11.9 Å². The molecule has 0 radical (unpaired) electrons. The van der Waals surface area contributed by atoms with Gasteiger partial charge >= 0.3 is 11.9 Å². The largest absolute Gasteiger partial charge is 0.466 e. The third-order valence-corrected chi connectivity index (χ3v) is 3.58. The molecule has 20 heavy (non-hydrogen) atoms. The van der Waals surface area contributed by atoms with Crippen molar-refractivity contribution in [2.24, 2.45) is 0 Å². The van der Waals surface area contributed by atoms with E-state index < -0.39 is 0 Å². The van der Waals surface area contributed by atoms with E-state index in [1.54, 1.807) is 0 Å². The van der Waals surface area contributed by atoms with E-state index in [1.807, 2.05) is 0 Å². The molecule has 0 N–H and O–H groups in total. The van der Waals surface area contributed by atoms with Crippen LogP contribution in [0, 0.1) is 0 Å². The van der Waals surface area contributed by atoms with Crippen LogP contribution in [0.25, 0.3) is 0 Å². The Morgan fingerprint density at radius 1 is 0.500 bits per heavy atom. The van der Waals surface area contributed by atoms with Gasteiger partial charge in [-0.25, -0.2) is 0 Å². The fourth-order valence-electron chi connectivity index (χ4n) is 2.32. The Morgan fingerprint density at radius 2 is 0.850 bits per heavy atom. The molecule has 1 saturated heterocycles. The minimum Gasteiger partial charge on any atom is -0.466 e. The van der Waals surface area contributed by atoms with Crippen LogP contribution in [-0.4, -0.2) is 25.2 Å². The molecule has 0 aromatic rings. The Bertz CT molecular complexity index is 224. The van der Waals surface area contributed by atoms with Gasteiger partial charge in [-0.2, -0.15) is 0 Å². The molecular weight excluding hydrogens is 256 g/mol.